The number of hydrogen-bond donors (Lipinski definition) is 0. The van der Waals surface area contributed by atoms with E-state index in [-0.39, 0.29) is 5.92 Å². The number of hydrogen-bond acceptors (Lipinski definition) is 2. The smallest absolute Gasteiger partial charge is 0.230 e. The molecule has 1 amide bonds. The van der Waals surface area contributed by atoms with Crippen LogP contribution in [0.4, 0.5) is 0 Å². The summed E-state index contributed by atoms with van der Waals surface area (Å²) in [5, 5.41) is 1.22. The van der Waals surface area contributed by atoms with Gasteiger partial charge in [0.25, 0.3) is 0 Å². The Hall–Kier alpha value is -2.75. The van der Waals surface area contributed by atoms with Crippen LogP contribution in [0.15, 0.2) is 48.5 Å². The zero-order valence-corrected chi connectivity index (χ0v) is 26.3. The number of benzene rings is 2. The fraction of sp³-hybridized carbons (Fsp3) is 0.595. The van der Waals surface area contributed by atoms with Gasteiger partial charge in [-0.15, -0.1) is 0 Å². The van der Waals surface area contributed by atoms with E-state index < -0.39 is 0 Å². The van der Waals surface area contributed by atoms with Gasteiger partial charge in [-0.3, -0.25) is 4.79 Å². The van der Waals surface area contributed by atoms with Crippen LogP contribution in [0.2, 0.25) is 0 Å². The summed E-state index contributed by atoms with van der Waals surface area (Å²) >= 11 is 0. The Bertz CT molecular complexity index is 1200. The van der Waals surface area contributed by atoms with E-state index in [1.165, 1.54) is 66.2 Å². The van der Waals surface area contributed by atoms with Gasteiger partial charge in [0.1, 0.15) is 5.75 Å². The molecule has 0 N–H and O–H groups in total. The lowest BCUT2D eigenvalue weighted by Gasteiger charge is -2.31. The van der Waals surface area contributed by atoms with Gasteiger partial charge >= 0.3 is 0 Å². The minimum absolute atomic E-state index is 0.0680. The Morgan fingerprint density at radius 2 is 1.66 bits per heavy atom. The van der Waals surface area contributed by atoms with Gasteiger partial charge in [0.15, 0.2) is 0 Å². The maximum absolute atomic E-state index is 14.4. The first-order chi connectivity index (χ1) is 20.0. The number of fused-ring (bicyclic) bond motifs is 3. The van der Waals surface area contributed by atoms with E-state index in [0.717, 1.165) is 70.5 Å². The number of unbranched alkanes of at least 4 members (excludes halogenated alkanes) is 6. The Kier molecular flexibility index (Phi) is 12.2. The Balaban J connectivity index is 1.69. The second-order valence-electron chi connectivity index (χ2n) is 12.5. The van der Waals surface area contributed by atoms with Crippen molar-refractivity contribution >= 4 is 16.8 Å². The van der Waals surface area contributed by atoms with Crippen LogP contribution in [0.5, 0.6) is 5.75 Å². The molecule has 0 bridgehead atoms. The van der Waals surface area contributed by atoms with Crippen molar-refractivity contribution in [2.45, 2.75) is 117 Å². The zero-order valence-electron chi connectivity index (χ0n) is 26.3. The molecule has 1 aliphatic rings. The molecule has 4 rings (SSSR count). The molecule has 1 aliphatic carbocycles. The van der Waals surface area contributed by atoms with Gasteiger partial charge in [0.2, 0.25) is 5.91 Å². The number of rotatable bonds is 17. The lowest BCUT2D eigenvalue weighted by Crippen LogP contribution is -2.38. The first-order valence-corrected chi connectivity index (χ1v) is 16.6. The molecule has 0 fully saturated rings. The maximum Gasteiger partial charge on any atom is 0.230 e. The molecule has 0 radical (unpaired) electrons. The summed E-state index contributed by atoms with van der Waals surface area (Å²) in [5.41, 5.74) is 5.15. The predicted octanol–water partition coefficient (Wildman–Crippen LogP) is 9.52. The molecule has 4 heteroatoms. The van der Waals surface area contributed by atoms with Gasteiger partial charge in [0.05, 0.1) is 12.5 Å². The third-order valence-electron chi connectivity index (χ3n) is 8.76. The van der Waals surface area contributed by atoms with Gasteiger partial charge in [-0.25, -0.2) is 0 Å². The summed E-state index contributed by atoms with van der Waals surface area (Å²) in [6, 6.07) is 17.3. The molecular formula is C37H54N2O2. The molecule has 0 saturated heterocycles. The first kappa shape index (κ1) is 31.2. The standard InChI is InChI=1S/C37H54N2O2/c1-5-7-9-14-24-38(25-15-10-8-6-2)37(40)32-19-16-20-35-36(32)33-27-31(41-26-23-29(3)4)21-22-34(33)39(35)28-30-17-12-11-13-18-30/h11-13,17-18,21-22,27,29,32H,5-10,14-16,19-20,23-26,28H2,1-4H3. The quantitative estimate of drug-likeness (QED) is 0.155. The Labute approximate surface area is 249 Å². The molecule has 1 heterocycles. The lowest BCUT2D eigenvalue weighted by atomic mass is 9.84. The van der Waals surface area contributed by atoms with Crippen LogP contribution in [0.1, 0.15) is 121 Å². The number of carbonyl (C=O) groups is 1. The van der Waals surface area contributed by atoms with Crippen molar-refractivity contribution in [2.75, 3.05) is 19.7 Å². The van der Waals surface area contributed by atoms with Gasteiger partial charge in [0, 0.05) is 36.2 Å². The van der Waals surface area contributed by atoms with Crippen LogP contribution in [0.3, 0.4) is 0 Å². The first-order valence-electron chi connectivity index (χ1n) is 16.6. The van der Waals surface area contributed by atoms with Gasteiger partial charge in [-0.05, 0) is 73.8 Å². The highest BCUT2D eigenvalue weighted by molar-refractivity contribution is 5.95. The van der Waals surface area contributed by atoms with E-state index in [1.54, 1.807) is 0 Å². The highest BCUT2D eigenvalue weighted by Crippen LogP contribution is 2.42. The Morgan fingerprint density at radius 3 is 2.32 bits per heavy atom. The van der Waals surface area contributed by atoms with Crippen molar-refractivity contribution in [1.82, 2.24) is 9.47 Å². The second kappa shape index (κ2) is 16.0. The minimum Gasteiger partial charge on any atom is -0.494 e. The number of aromatic nitrogens is 1. The molecule has 0 saturated carbocycles. The minimum atomic E-state index is -0.0680. The summed E-state index contributed by atoms with van der Waals surface area (Å²) < 4.78 is 8.72. The molecule has 1 atom stereocenters. The highest BCUT2D eigenvalue weighted by atomic mass is 16.5. The van der Waals surface area contributed by atoms with Gasteiger partial charge in [-0.2, -0.15) is 0 Å². The predicted molar refractivity (Wildman–Crippen MR) is 173 cm³/mol. The number of nitrogens with zero attached hydrogens (tertiary/aromatic N) is 2. The van der Waals surface area contributed by atoms with Crippen molar-refractivity contribution in [3.8, 4) is 5.75 Å². The Morgan fingerprint density at radius 1 is 0.951 bits per heavy atom. The zero-order chi connectivity index (χ0) is 29.0. The average molecular weight is 559 g/mol. The van der Waals surface area contributed by atoms with Crippen LogP contribution in [0.25, 0.3) is 10.9 Å². The molecule has 41 heavy (non-hydrogen) atoms. The highest BCUT2D eigenvalue weighted by Gasteiger charge is 2.34. The fourth-order valence-electron chi connectivity index (χ4n) is 6.40. The monoisotopic (exact) mass is 558 g/mol. The third kappa shape index (κ3) is 8.40. The molecule has 1 aromatic heterocycles. The van der Waals surface area contributed by atoms with E-state index in [0.29, 0.717) is 11.8 Å². The van der Waals surface area contributed by atoms with E-state index >= 15 is 0 Å². The fourth-order valence-corrected chi connectivity index (χ4v) is 6.40. The van der Waals surface area contributed by atoms with E-state index in [4.69, 9.17) is 4.74 Å². The summed E-state index contributed by atoms with van der Waals surface area (Å²) in [6.45, 7) is 12.3. The molecule has 0 aliphatic heterocycles. The number of amides is 1. The van der Waals surface area contributed by atoms with Crippen LogP contribution in [0, 0.1) is 5.92 Å². The molecule has 2 aromatic carbocycles. The normalized spacial score (nSPS) is 14.9. The maximum atomic E-state index is 14.4. The third-order valence-corrected chi connectivity index (χ3v) is 8.76. The van der Waals surface area contributed by atoms with Crippen molar-refractivity contribution < 1.29 is 9.53 Å². The summed E-state index contributed by atoms with van der Waals surface area (Å²) in [4.78, 5) is 16.6. The van der Waals surface area contributed by atoms with Gasteiger partial charge < -0.3 is 14.2 Å². The largest absolute Gasteiger partial charge is 0.494 e. The SMILES string of the molecule is CCCCCCN(CCCCCC)C(=O)C1CCCc2c1c1cc(OCCC(C)C)ccc1n2Cc1ccccc1. The molecule has 3 aromatic rings. The van der Waals surface area contributed by atoms with Crippen LogP contribution in [-0.2, 0) is 17.8 Å². The van der Waals surface area contributed by atoms with Crippen LogP contribution < -0.4 is 4.74 Å². The molecule has 224 valence electrons. The van der Waals surface area contributed by atoms with E-state index in [2.05, 4.69) is 85.7 Å². The summed E-state index contributed by atoms with van der Waals surface area (Å²) in [5.74, 6) is 1.82. The van der Waals surface area contributed by atoms with Crippen molar-refractivity contribution in [1.29, 1.82) is 0 Å². The molecule has 0 spiro atoms. The topological polar surface area (TPSA) is 34.5 Å². The molecule has 4 nitrogen and oxygen atoms in total. The van der Waals surface area contributed by atoms with E-state index in [1.807, 2.05) is 0 Å². The molecule has 1 unspecified atom stereocenters. The lowest BCUT2D eigenvalue weighted by molar-refractivity contribution is -0.133. The van der Waals surface area contributed by atoms with Crippen molar-refractivity contribution in [2.24, 2.45) is 5.92 Å². The van der Waals surface area contributed by atoms with Gasteiger partial charge in [-0.1, -0.05) is 96.6 Å². The molecular weight excluding hydrogens is 504 g/mol. The average Bonchev–Trinajstić information content (AvgIpc) is 3.29. The van der Waals surface area contributed by atoms with E-state index in [9.17, 15) is 4.79 Å². The van der Waals surface area contributed by atoms with Crippen molar-refractivity contribution in [3.05, 3.63) is 65.4 Å². The summed E-state index contributed by atoms with van der Waals surface area (Å²) in [7, 11) is 0. The number of carbonyl (C=O) groups excluding carboxylic acids is 1. The summed E-state index contributed by atoms with van der Waals surface area (Å²) in [6.07, 6.45) is 13.6. The second-order valence-corrected chi connectivity index (χ2v) is 12.5. The van der Waals surface area contributed by atoms with Crippen LogP contribution in [-0.4, -0.2) is 35.1 Å². The van der Waals surface area contributed by atoms with Crippen molar-refractivity contribution in [3.63, 3.8) is 0 Å². The van der Waals surface area contributed by atoms with Crippen LogP contribution >= 0.6 is 0 Å². The number of ether oxygens (including phenoxy) is 1.